The van der Waals surface area contributed by atoms with Crippen LogP contribution in [0.3, 0.4) is 0 Å². The molecule has 1 N–H and O–H groups in total. The van der Waals surface area contributed by atoms with Crippen LogP contribution < -0.4 is 0 Å². The van der Waals surface area contributed by atoms with Gasteiger partial charge in [0.05, 0.1) is 5.69 Å². The van der Waals surface area contributed by atoms with Gasteiger partial charge in [-0.15, -0.1) is 0 Å². The van der Waals surface area contributed by atoms with E-state index < -0.39 is 6.10 Å². The Morgan fingerprint density at radius 2 is 2.33 bits per heavy atom. The van der Waals surface area contributed by atoms with Gasteiger partial charge < -0.3 is 14.0 Å². The smallest absolute Gasteiger partial charge is 0.295 e. The van der Waals surface area contributed by atoms with Crippen LogP contribution in [0.25, 0.3) is 11.7 Å². The van der Waals surface area contributed by atoms with Gasteiger partial charge in [0.2, 0.25) is 11.6 Å². The van der Waals surface area contributed by atoms with E-state index in [2.05, 4.69) is 15.1 Å². The van der Waals surface area contributed by atoms with Gasteiger partial charge in [-0.2, -0.15) is 4.98 Å². The Balaban J connectivity index is 2.32. The predicted molar refractivity (Wildman–Crippen MR) is 49.8 cm³/mol. The van der Waals surface area contributed by atoms with Gasteiger partial charge >= 0.3 is 0 Å². The number of nitrogens with zero attached hydrogens (tertiary/aromatic N) is 3. The van der Waals surface area contributed by atoms with E-state index in [1.165, 1.54) is 6.39 Å². The molecule has 2 aromatic heterocycles. The van der Waals surface area contributed by atoms with E-state index in [1.807, 2.05) is 6.92 Å². The molecule has 0 amide bonds. The van der Waals surface area contributed by atoms with Crippen LogP contribution in [-0.2, 0) is 0 Å². The maximum absolute atomic E-state index is 9.48. The van der Waals surface area contributed by atoms with Gasteiger partial charge in [-0.1, -0.05) is 12.1 Å². The number of hydrogen-bond acceptors (Lipinski definition) is 6. The zero-order valence-electron chi connectivity index (χ0n) is 8.47. The van der Waals surface area contributed by atoms with E-state index in [4.69, 9.17) is 8.94 Å². The summed E-state index contributed by atoms with van der Waals surface area (Å²) in [6, 6.07) is 0. The average molecular weight is 209 g/mol. The minimum atomic E-state index is -0.703. The number of aromatic nitrogens is 3. The highest BCUT2D eigenvalue weighted by atomic mass is 16.5. The fraction of sp³-hybridized carbons (Fsp3) is 0.444. The molecule has 80 valence electrons. The van der Waals surface area contributed by atoms with E-state index in [0.717, 1.165) is 0 Å². The number of aryl methyl sites for hydroxylation is 1. The molecule has 0 aromatic carbocycles. The number of aliphatic hydroxyl groups excluding tert-OH is 1. The van der Waals surface area contributed by atoms with Crippen molar-refractivity contribution in [1.82, 2.24) is 15.1 Å². The summed E-state index contributed by atoms with van der Waals surface area (Å²) >= 11 is 0. The first-order valence-corrected chi connectivity index (χ1v) is 4.64. The molecule has 15 heavy (non-hydrogen) atoms. The van der Waals surface area contributed by atoms with Crippen LogP contribution >= 0.6 is 0 Å². The van der Waals surface area contributed by atoms with E-state index in [1.54, 1.807) is 6.92 Å². The lowest BCUT2D eigenvalue weighted by Gasteiger charge is -1.97. The molecule has 0 bridgehead atoms. The number of hydrogen-bond donors (Lipinski definition) is 1. The monoisotopic (exact) mass is 209 g/mol. The molecule has 2 rings (SSSR count). The summed E-state index contributed by atoms with van der Waals surface area (Å²) < 4.78 is 10.0. The lowest BCUT2D eigenvalue weighted by Crippen LogP contribution is -1.97. The second-order valence-corrected chi connectivity index (χ2v) is 3.15. The van der Waals surface area contributed by atoms with Crippen molar-refractivity contribution >= 4 is 0 Å². The molecule has 0 fully saturated rings. The van der Waals surface area contributed by atoms with Crippen molar-refractivity contribution in [2.75, 3.05) is 0 Å². The first kappa shape index (κ1) is 9.85. The van der Waals surface area contributed by atoms with Crippen molar-refractivity contribution in [2.24, 2.45) is 0 Å². The fourth-order valence-corrected chi connectivity index (χ4v) is 1.15. The summed E-state index contributed by atoms with van der Waals surface area (Å²) in [5.74, 6) is 0.952. The van der Waals surface area contributed by atoms with Crippen LogP contribution in [0.4, 0.5) is 0 Å². The third-order valence-electron chi connectivity index (χ3n) is 2.07. The summed E-state index contributed by atoms with van der Waals surface area (Å²) in [6.45, 7) is 3.61. The summed E-state index contributed by atoms with van der Waals surface area (Å²) in [7, 11) is 0. The maximum atomic E-state index is 9.48. The van der Waals surface area contributed by atoms with Crippen molar-refractivity contribution in [1.29, 1.82) is 0 Å². The third-order valence-corrected chi connectivity index (χ3v) is 2.07. The Hall–Kier alpha value is -1.69. The first-order valence-electron chi connectivity index (χ1n) is 4.64. The van der Waals surface area contributed by atoms with Gasteiger partial charge in [0.15, 0.2) is 6.39 Å². The summed E-state index contributed by atoms with van der Waals surface area (Å²) in [5, 5.41) is 13.1. The normalized spacial score (nSPS) is 13.0. The van der Waals surface area contributed by atoms with Crippen LogP contribution in [0.1, 0.15) is 31.0 Å². The minimum Gasteiger partial charge on any atom is -0.438 e. The Bertz CT molecular complexity index is 449. The highest BCUT2D eigenvalue weighted by Gasteiger charge is 2.18. The molecule has 2 aromatic rings. The molecule has 6 nitrogen and oxygen atoms in total. The quantitative estimate of drug-likeness (QED) is 0.823. The number of aliphatic hydroxyl groups is 1. The van der Waals surface area contributed by atoms with Crippen LogP contribution in [0.15, 0.2) is 15.3 Å². The van der Waals surface area contributed by atoms with Crippen molar-refractivity contribution < 1.29 is 14.0 Å². The molecule has 0 saturated heterocycles. The molecule has 0 saturated carbocycles. The van der Waals surface area contributed by atoms with Crippen LogP contribution in [-0.4, -0.2) is 20.2 Å². The van der Waals surface area contributed by atoms with Crippen molar-refractivity contribution in [3.05, 3.63) is 17.9 Å². The van der Waals surface area contributed by atoms with E-state index in [-0.39, 0.29) is 11.7 Å². The Kier molecular flexibility index (Phi) is 2.51. The Morgan fingerprint density at radius 3 is 2.93 bits per heavy atom. The maximum Gasteiger partial charge on any atom is 0.295 e. The SMILES string of the molecule is CCC(O)c1noc(-c2ocnc2C)n1. The lowest BCUT2D eigenvalue weighted by atomic mass is 10.3. The van der Waals surface area contributed by atoms with Crippen LogP contribution in [0.2, 0.25) is 0 Å². The molecule has 1 atom stereocenters. The second-order valence-electron chi connectivity index (χ2n) is 3.15. The molecule has 0 aliphatic rings. The van der Waals surface area contributed by atoms with Crippen molar-refractivity contribution in [3.8, 4) is 11.7 Å². The Labute approximate surface area is 85.9 Å². The van der Waals surface area contributed by atoms with Gasteiger partial charge in [-0.05, 0) is 13.3 Å². The standard InChI is InChI=1S/C9H11N3O3/c1-3-6(13)8-11-9(15-12-8)7-5(2)10-4-14-7/h4,6,13H,3H2,1-2H3. The molecular formula is C9H11N3O3. The highest BCUT2D eigenvalue weighted by molar-refractivity contribution is 5.46. The zero-order chi connectivity index (χ0) is 10.8. The van der Waals surface area contributed by atoms with Gasteiger partial charge in [-0.3, -0.25) is 0 Å². The van der Waals surface area contributed by atoms with Crippen LogP contribution in [0.5, 0.6) is 0 Å². The van der Waals surface area contributed by atoms with E-state index in [9.17, 15) is 5.11 Å². The topological polar surface area (TPSA) is 85.2 Å². The van der Waals surface area contributed by atoms with Crippen LogP contribution in [0, 0.1) is 6.92 Å². The van der Waals surface area contributed by atoms with Gasteiger partial charge in [0.1, 0.15) is 6.10 Å². The molecule has 0 aliphatic heterocycles. The van der Waals surface area contributed by atoms with Gasteiger partial charge in [0, 0.05) is 0 Å². The zero-order valence-corrected chi connectivity index (χ0v) is 8.47. The van der Waals surface area contributed by atoms with Gasteiger partial charge in [-0.25, -0.2) is 4.98 Å². The molecular weight excluding hydrogens is 198 g/mol. The number of oxazole rings is 1. The molecule has 2 heterocycles. The molecule has 0 aliphatic carbocycles. The van der Waals surface area contributed by atoms with Gasteiger partial charge in [0.25, 0.3) is 5.89 Å². The second kappa shape index (κ2) is 3.82. The predicted octanol–water partition coefficient (Wildman–Crippen LogP) is 1.48. The fourth-order valence-electron chi connectivity index (χ4n) is 1.15. The van der Waals surface area contributed by atoms with E-state index >= 15 is 0 Å². The number of rotatable bonds is 3. The highest BCUT2D eigenvalue weighted by Crippen LogP contribution is 2.22. The first-order chi connectivity index (χ1) is 7.22. The Morgan fingerprint density at radius 1 is 1.53 bits per heavy atom. The third kappa shape index (κ3) is 1.75. The summed E-state index contributed by atoms with van der Waals surface area (Å²) in [4.78, 5) is 7.93. The lowest BCUT2D eigenvalue weighted by molar-refractivity contribution is 0.159. The molecule has 1 unspecified atom stereocenters. The summed E-state index contributed by atoms with van der Waals surface area (Å²) in [5.41, 5.74) is 0.677. The molecule has 0 radical (unpaired) electrons. The summed E-state index contributed by atoms with van der Waals surface area (Å²) in [6.07, 6.45) is 1.14. The minimum absolute atomic E-state index is 0.243. The van der Waals surface area contributed by atoms with Crippen molar-refractivity contribution in [3.63, 3.8) is 0 Å². The molecule has 0 spiro atoms. The van der Waals surface area contributed by atoms with Crippen molar-refractivity contribution in [2.45, 2.75) is 26.4 Å². The average Bonchev–Trinajstić information content (AvgIpc) is 2.84. The molecule has 6 heteroatoms. The van der Waals surface area contributed by atoms with E-state index in [0.29, 0.717) is 17.9 Å². The largest absolute Gasteiger partial charge is 0.438 e.